The monoisotopic (exact) mass is 263 g/mol. The summed E-state index contributed by atoms with van der Waals surface area (Å²) in [7, 11) is 0. The fraction of sp³-hybridized carbons (Fsp3) is 0.308. The molecule has 0 spiro atoms. The van der Waals surface area contributed by atoms with Crippen LogP contribution in [0.3, 0.4) is 0 Å². The number of nitrogens with zero attached hydrogens (tertiary/aromatic N) is 1. The molecule has 0 aliphatic heterocycles. The number of halogens is 1. The van der Waals surface area contributed by atoms with Gasteiger partial charge in [-0.3, -0.25) is 0 Å². The smallest absolute Gasteiger partial charge is 0.102 e. The van der Waals surface area contributed by atoms with E-state index in [1.807, 2.05) is 38.1 Å². The molecule has 0 saturated carbocycles. The number of benzene rings is 1. The highest BCUT2D eigenvalue weighted by molar-refractivity contribution is 9.10. The summed E-state index contributed by atoms with van der Waals surface area (Å²) in [5.41, 5.74) is 0.416. The predicted molar refractivity (Wildman–Crippen MR) is 66.5 cm³/mol. The Bertz CT molecular complexity index is 386. The van der Waals surface area contributed by atoms with Crippen LogP contribution < -0.4 is 0 Å². The molecule has 2 heteroatoms. The van der Waals surface area contributed by atoms with E-state index >= 15 is 0 Å². The third kappa shape index (κ3) is 2.13. The van der Waals surface area contributed by atoms with Crippen molar-refractivity contribution in [1.29, 1.82) is 5.26 Å². The Labute approximate surface area is 99.6 Å². The SMILES string of the molecule is C=CC(C#N)(c1ccc(Br)cc1)C(C)C. The van der Waals surface area contributed by atoms with Crippen LogP contribution in [-0.2, 0) is 5.41 Å². The number of nitriles is 1. The van der Waals surface area contributed by atoms with Crippen LogP contribution in [0.1, 0.15) is 19.4 Å². The Morgan fingerprint density at radius 2 is 1.93 bits per heavy atom. The minimum Gasteiger partial charge on any atom is -0.197 e. The van der Waals surface area contributed by atoms with Gasteiger partial charge in [0.2, 0.25) is 0 Å². The zero-order chi connectivity index (χ0) is 11.5. The maximum Gasteiger partial charge on any atom is 0.102 e. The van der Waals surface area contributed by atoms with E-state index in [1.54, 1.807) is 6.08 Å². The van der Waals surface area contributed by atoms with Gasteiger partial charge in [0.15, 0.2) is 0 Å². The first-order valence-corrected chi connectivity index (χ1v) is 5.67. The van der Waals surface area contributed by atoms with Crippen molar-refractivity contribution in [2.45, 2.75) is 19.3 Å². The molecule has 0 aromatic heterocycles. The molecular weight excluding hydrogens is 250 g/mol. The van der Waals surface area contributed by atoms with Gasteiger partial charge in [0.1, 0.15) is 5.41 Å². The lowest BCUT2D eigenvalue weighted by molar-refractivity contribution is 0.479. The summed E-state index contributed by atoms with van der Waals surface area (Å²) in [6, 6.07) is 10.2. The zero-order valence-corrected chi connectivity index (χ0v) is 10.6. The highest BCUT2D eigenvalue weighted by Gasteiger charge is 2.32. The first kappa shape index (κ1) is 12.0. The van der Waals surface area contributed by atoms with Gasteiger partial charge in [-0.15, -0.1) is 6.58 Å². The van der Waals surface area contributed by atoms with Crippen molar-refractivity contribution in [3.63, 3.8) is 0 Å². The summed E-state index contributed by atoms with van der Waals surface area (Å²) in [5, 5.41) is 9.34. The molecular formula is C13H14BrN. The van der Waals surface area contributed by atoms with Crippen LogP contribution in [0.4, 0.5) is 0 Å². The van der Waals surface area contributed by atoms with E-state index in [9.17, 15) is 5.26 Å². The van der Waals surface area contributed by atoms with Gasteiger partial charge in [-0.2, -0.15) is 5.26 Å². The summed E-state index contributed by atoms with van der Waals surface area (Å²) < 4.78 is 1.02. The molecule has 0 fully saturated rings. The Balaban J connectivity index is 3.28. The summed E-state index contributed by atoms with van der Waals surface area (Å²) in [6.07, 6.45) is 1.74. The molecule has 0 aliphatic rings. The van der Waals surface area contributed by atoms with Gasteiger partial charge in [0, 0.05) is 4.47 Å². The molecule has 1 nitrogen and oxygen atoms in total. The summed E-state index contributed by atoms with van der Waals surface area (Å²) in [5.74, 6) is 0.209. The van der Waals surface area contributed by atoms with Crippen LogP contribution in [0.2, 0.25) is 0 Å². The van der Waals surface area contributed by atoms with E-state index in [0.29, 0.717) is 0 Å². The summed E-state index contributed by atoms with van der Waals surface area (Å²) >= 11 is 3.38. The topological polar surface area (TPSA) is 23.8 Å². The van der Waals surface area contributed by atoms with E-state index in [2.05, 4.69) is 28.6 Å². The average molecular weight is 264 g/mol. The molecule has 0 bridgehead atoms. The first-order valence-electron chi connectivity index (χ1n) is 4.87. The molecule has 0 heterocycles. The molecule has 0 amide bonds. The number of allylic oxidation sites excluding steroid dienone is 1. The van der Waals surface area contributed by atoms with Gasteiger partial charge in [-0.1, -0.05) is 48.0 Å². The maximum atomic E-state index is 9.34. The van der Waals surface area contributed by atoms with Gasteiger partial charge in [0.25, 0.3) is 0 Å². The first-order chi connectivity index (χ1) is 7.06. The van der Waals surface area contributed by atoms with Gasteiger partial charge >= 0.3 is 0 Å². The van der Waals surface area contributed by atoms with Crippen molar-refractivity contribution in [2.75, 3.05) is 0 Å². The van der Waals surface area contributed by atoms with Crippen molar-refractivity contribution < 1.29 is 0 Å². The molecule has 0 N–H and O–H groups in total. The third-order valence-electron chi connectivity index (χ3n) is 2.74. The van der Waals surface area contributed by atoms with E-state index < -0.39 is 5.41 Å². The molecule has 1 rings (SSSR count). The standard InChI is InChI=1S/C13H14BrN/c1-4-13(9-15,10(2)3)11-5-7-12(14)8-6-11/h4-8,10H,1H2,2-3H3. The second-order valence-electron chi connectivity index (χ2n) is 3.85. The Kier molecular flexibility index (Phi) is 3.71. The fourth-order valence-electron chi connectivity index (χ4n) is 1.65. The Hall–Kier alpha value is -1.07. The van der Waals surface area contributed by atoms with Crippen molar-refractivity contribution in [3.05, 3.63) is 47.0 Å². The van der Waals surface area contributed by atoms with Crippen LogP contribution in [0.5, 0.6) is 0 Å². The quantitative estimate of drug-likeness (QED) is 0.755. The molecule has 15 heavy (non-hydrogen) atoms. The lowest BCUT2D eigenvalue weighted by Crippen LogP contribution is -2.27. The molecule has 0 radical (unpaired) electrons. The number of rotatable bonds is 3. The number of hydrogen-bond donors (Lipinski definition) is 0. The predicted octanol–water partition coefficient (Wildman–Crippen LogP) is 4.05. The van der Waals surface area contributed by atoms with Gasteiger partial charge in [0.05, 0.1) is 6.07 Å². The van der Waals surface area contributed by atoms with E-state index in [-0.39, 0.29) is 5.92 Å². The van der Waals surface area contributed by atoms with Crippen LogP contribution >= 0.6 is 15.9 Å². The summed E-state index contributed by atoms with van der Waals surface area (Å²) in [6.45, 7) is 7.86. The fourth-order valence-corrected chi connectivity index (χ4v) is 1.92. The third-order valence-corrected chi connectivity index (χ3v) is 3.27. The minimum atomic E-state index is -0.583. The van der Waals surface area contributed by atoms with E-state index in [0.717, 1.165) is 10.0 Å². The highest BCUT2D eigenvalue weighted by Crippen LogP contribution is 2.33. The Morgan fingerprint density at radius 1 is 1.40 bits per heavy atom. The maximum absolute atomic E-state index is 9.34. The average Bonchev–Trinajstić information content (AvgIpc) is 2.22. The van der Waals surface area contributed by atoms with Gasteiger partial charge < -0.3 is 0 Å². The minimum absolute atomic E-state index is 0.209. The second kappa shape index (κ2) is 4.63. The Morgan fingerprint density at radius 3 is 2.27 bits per heavy atom. The van der Waals surface area contributed by atoms with Crippen molar-refractivity contribution in [2.24, 2.45) is 5.92 Å². The lowest BCUT2D eigenvalue weighted by atomic mass is 9.73. The molecule has 0 saturated heterocycles. The van der Waals surface area contributed by atoms with Gasteiger partial charge in [-0.05, 0) is 23.6 Å². The summed E-state index contributed by atoms with van der Waals surface area (Å²) in [4.78, 5) is 0. The van der Waals surface area contributed by atoms with E-state index in [1.165, 1.54) is 0 Å². The molecule has 78 valence electrons. The van der Waals surface area contributed by atoms with Crippen LogP contribution in [0.25, 0.3) is 0 Å². The highest BCUT2D eigenvalue weighted by atomic mass is 79.9. The van der Waals surface area contributed by atoms with Crippen molar-refractivity contribution >= 4 is 15.9 Å². The zero-order valence-electron chi connectivity index (χ0n) is 9.00. The lowest BCUT2D eigenvalue weighted by Gasteiger charge is -2.27. The van der Waals surface area contributed by atoms with E-state index in [4.69, 9.17) is 0 Å². The van der Waals surface area contributed by atoms with Gasteiger partial charge in [-0.25, -0.2) is 0 Å². The van der Waals surface area contributed by atoms with Crippen LogP contribution in [0.15, 0.2) is 41.4 Å². The molecule has 1 unspecified atom stereocenters. The second-order valence-corrected chi connectivity index (χ2v) is 4.76. The molecule has 1 aromatic rings. The molecule has 1 aromatic carbocycles. The van der Waals surface area contributed by atoms with Crippen molar-refractivity contribution in [1.82, 2.24) is 0 Å². The van der Waals surface area contributed by atoms with Crippen LogP contribution in [0, 0.1) is 17.2 Å². The van der Waals surface area contributed by atoms with Crippen molar-refractivity contribution in [3.8, 4) is 6.07 Å². The molecule has 1 atom stereocenters. The largest absolute Gasteiger partial charge is 0.197 e. The molecule has 0 aliphatic carbocycles. The van der Waals surface area contributed by atoms with Crippen LogP contribution in [-0.4, -0.2) is 0 Å². The number of hydrogen-bond acceptors (Lipinski definition) is 1. The normalized spacial score (nSPS) is 14.3.